The minimum atomic E-state index is -0.464. The number of hydrogen-bond acceptors (Lipinski definition) is 7. The van der Waals surface area contributed by atoms with Gasteiger partial charge >= 0.3 is 0 Å². The second kappa shape index (κ2) is 5.59. The van der Waals surface area contributed by atoms with Gasteiger partial charge in [-0.05, 0) is 6.07 Å². The van der Waals surface area contributed by atoms with Gasteiger partial charge in [-0.15, -0.1) is 0 Å². The Morgan fingerprint density at radius 3 is 2.83 bits per heavy atom. The van der Waals surface area contributed by atoms with Crippen LogP contribution in [0.15, 0.2) is 30.6 Å². The van der Waals surface area contributed by atoms with Crippen LogP contribution in [0.2, 0.25) is 0 Å². The van der Waals surface area contributed by atoms with Gasteiger partial charge in [0.05, 0.1) is 35.1 Å². The molecule has 0 amide bonds. The lowest BCUT2D eigenvalue weighted by Gasteiger charge is -2.45. The number of nitrogens with zero attached hydrogens (tertiary/aromatic N) is 5. The molecule has 1 atom stereocenters. The van der Waals surface area contributed by atoms with Gasteiger partial charge in [0.2, 0.25) is 5.95 Å². The maximum atomic E-state index is 13.0. The van der Waals surface area contributed by atoms with E-state index >= 15 is 0 Å². The molecule has 1 fully saturated rings. The number of anilines is 2. The van der Waals surface area contributed by atoms with Crippen LogP contribution in [0.25, 0.3) is 0 Å². The van der Waals surface area contributed by atoms with Crippen molar-refractivity contribution in [2.45, 2.75) is 6.04 Å². The third kappa shape index (κ3) is 2.47. The van der Waals surface area contributed by atoms with Crippen molar-refractivity contribution in [1.29, 1.82) is 0 Å². The van der Waals surface area contributed by atoms with Crippen molar-refractivity contribution in [2.75, 3.05) is 36.0 Å². The van der Waals surface area contributed by atoms with Crippen LogP contribution in [0.1, 0.15) is 0 Å². The topological polar surface area (TPSA) is 84.6 Å². The quantitative estimate of drug-likeness (QED) is 0.610. The number of non-ortho nitro benzene ring substituents is 1. The van der Waals surface area contributed by atoms with Crippen molar-refractivity contribution in [3.63, 3.8) is 0 Å². The Bertz CT molecular complexity index is 785. The molecule has 2 aliphatic rings. The molecule has 1 saturated heterocycles. The molecule has 1 aromatic carbocycles. The second-order valence-corrected chi connectivity index (χ2v) is 5.71. The maximum absolute atomic E-state index is 13.0. The SMILES string of the molecule is O=[N+]([O-])c1ccc2c(c1)OCC1CN(c3ncc(F)cn3)CCN21. The van der Waals surface area contributed by atoms with Crippen LogP contribution in [0, 0.1) is 15.9 Å². The number of nitro groups is 1. The number of benzene rings is 1. The van der Waals surface area contributed by atoms with Crippen molar-refractivity contribution < 1.29 is 14.1 Å². The van der Waals surface area contributed by atoms with E-state index in [0.29, 0.717) is 37.9 Å². The molecule has 2 aliphatic heterocycles. The van der Waals surface area contributed by atoms with Crippen LogP contribution in [0.3, 0.4) is 0 Å². The van der Waals surface area contributed by atoms with Crippen LogP contribution in [0.5, 0.6) is 5.75 Å². The number of ether oxygens (including phenoxy) is 1. The van der Waals surface area contributed by atoms with Gasteiger partial charge in [0, 0.05) is 25.7 Å². The molecule has 0 aliphatic carbocycles. The van der Waals surface area contributed by atoms with Crippen LogP contribution in [0.4, 0.5) is 21.7 Å². The van der Waals surface area contributed by atoms with Crippen molar-refractivity contribution in [1.82, 2.24) is 9.97 Å². The fourth-order valence-corrected chi connectivity index (χ4v) is 3.12. The number of fused-ring (bicyclic) bond motifs is 3. The zero-order valence-electron chi connectivity index (χ0n) is 12.6. The lowest BCUT2D eigenvalue weighted by Crippen LogP contribution is -2.57. The average molecular weight is 331 g/mol. The van der Waals surface area contributed by atoms with E-state index in [0.717, 1.165) is 18.1 Å². The molecule has 1 aromatic heterocycles. The molecule has 0 spiro atoms. The molecular formula is C15H14FN5O3. The van der Waals surface area contributed by atoms with Gasteiger partial charge in [-0.3, -0.25) is 10.1 Å². The summed E-state index contributed by atoms with van der Waals surface area (Å²) in [6.07, 6.45) is 2.31. The summed E-state index contributed by atoms with van der Waals surface area (Å²) in [5.74, 6) is 0.561. The molecule has 124 valence electrons. The highest BCUT2D eigenvalue weighted by molar-refractivity contribution is 5.65. The zero-order valence-corrected chi connectivity index (χ0v) is 12.6. The van der Waals surface area contributed by atoms with E-state index in [4.69, 9.17) is 4.74 Å². The first kappa shape index (κ1) is 14.6. The van der Waals surface area contributed by atoms with Gasteiger partial charge < -0.3 is 14.5 Å². The van der Waals surface area contributed by atoms with E-state index in [2.05, 4.69) is 14.9 Å². The number of hydrogen-bond donors (Lipinski definition) is 0. The molecule has 2 aromatic rings. The normalized spacial score (nSPS) is 19.3. The summed E-state index contributed by atoms with van der Waals surface area (Å²) in [6, 6.07) is 4.76. The predicted molar refractivity (Wildman–Crippen MR) is 83.9 cm³/mol. The summed E-state index contributed by atoms with van der Waals surface area (Å²) < 4.78 is 18.7. The summed E-state index contributed by atoms with van der Waals surface area (Å²) in [6.45, 7) is 2.45. The smallest absolute Gasteiger partial charge is 0.273 e. The zero-order chi connectivity index (χ0) is 16.7. The van der Waals surface area contributed by atoms with E-state index in [1.807, 2.05) is 4.90 Å². The first-order chi connectivity index (χ1) is 11.6. The summed E-state index contributed by atoms with van der Waals surface area (Å²) in [7, 11) is 0. The van der Waals surface area contributed by atoms with E-state index < -0.39 is 10.7 Å². The summed E-state index contributed by atoms with van der Waals surface area (Å²) >= 11 is 0. The monoisotopic (exact) mass is 331 g/mol. The Kier molecular flexibility index (Phi) is 3.40. The van der Waals surface area contributed by atoms with E-state index in [9.17, 15) is 14.5 Å². The fraction of sp³-hybridized carbons (Fsp3) is 0.333. The Balaban J connectivity index is 1.55. The molecular weight excluding hydrogens is 317 g/mol. The molecule has 0 N–H and O–H groups in total. The first-order valence-electron chi connectivity index (χ1n) is 7.52. The van der Waals surface area contributed by atoms with Gasteiger partial charge in [-0.25, -0.2) is 14.4 Å². The van der Waals surface area contributed by atoms with Gasteiger partial charge in [-0.2, -0.15) is 0 Å². The Morgan fingerprint density at radius 1 is 1.29 bits per heavy atom. The predicted octanol–water partition coefficient (Wildman–Crippen LogP) is 1.61. The highest BCUT2D eigenvalue weighted by Gasteiger charge is 2.34. The van der Waals surface area contributed by atoms with Crippen LogP contribution in [-0.4, -0.2) is 47.2 Å². The van der Waals surface area contributed by atoms with E-state index in [1.54, 1.807) is 6.07 Å². The molecule has 4 rings (SSSR count). The maximum Gasteiger partial charge on any atom is 0.273 e. The highest BCUT2D eigenvalue weighted by atomic mass is 19.1. The first-order valence-corrected chi connectivity index (χ1v) is 7.52. The molecule has 1 unspecified atom stereocenters. The fourth-order valence-electron chi connectivity index (χ4n) is 3.12. The van der Waals surface area contributed by atoms with Crippen LogP contribution >= 0.6 is 0 Å². The third-order valence-corrected chi connectivity index (χ3v) is 4.27. The molecule has 3 heterocycles. The van der Waals surface area contributed by atoms with Crippen molar-refractivity contribution >= 4 is 17.3 Å². The van der Waals surface area contributed by atoms with E-state index in [-0.39, 0.29) is 11.7 Å². The number of aromatic nitrogens is 2. The van der Waals surface area contributed by atoms with Crippen molar-refractivity contribution in [3.8, 4) is 5.75 Å². The summed E-state index contributed by atoms with van der Waals surface area (Å²) in [4.78, 5) is 22.7. The average Bonchev–Trinajstić information content (AvgIpc) is 2.61. The number of halogens is 1. The van der Waals surface area contributed by atoms with Crippen molar-refractivity contribution in [3.05, 3.63) is 46.5 Å². The van der Waals surface area contributed by atoms with E-state index in [1.165, 1.54) is 12.1 Å². The van der Waals surface area contributed by atoms with Gasteiger partial charge in [-0.1, -0.05) is 0 Å². The lowest BCUT2D eigenvalue weighted by atomic mass is 10.1. The number of piperazine rings is 1. The van der Waals surface area contributed by atoms with Gasteiger partial charge in [0.25, 0.3) is 5.69 Å². The highest BCUT2D eigenvalue weighted by Crippen LogP contribution is 2.38. The lowest BCUT2D eigenvalue weighted by molar-refractivity contribution is -0.384. The second-order valence-electron chi connectivity index (χ2n) is 5.71. The molecule has 9 heteroatoms. The molecule has 24 heavy (non-hydrogen) atoms. The molecule has 0 saturated carbocycles. The number of rotatable bonds is 2. The summed E-state index contributed by atoms with van der Waals surface area (Å²) in [5, 5.41) is 10.9. The largest absolute Gasteiger partial charge is 0.489 e. The summed E-state index contributed by atoms with van der Waals surface area (Å²) in [5.41, 5.74) is 0.877. The Hall–Kier alpha value is -2.97. The minimum absolute atomic E-state index is 0.0190. The standard InChI is InChI=1S/C15H14FN5O3/c16-10-6-17-15(18-7-10)19-3-4-20-12(8-19)9-24-14-5-11(21(22)23)1-2-13(14)20/h1-2,5-7,12H,3-4,8-9H2. The van der Waals surface area contributed by atoms with Gasteiger partial charge in [0.1, 0.15) is 12.4 Å². The minimum Gasteiger partial charge on any atom is -0.489 e. The third-order valence-electron chi connectivity index (χ3n) is 4.27. The Labute approximate surface area is 136 Å². The van der Waals surface area contributed by atoms with Crippen LogP contribution < -0.4 is 14.5 Å². The Morgan fingerprint density at radius 2 is 2.08 bits per heavy atom. The van der Waals surface area contributed by atoms with Crippen LogP contribution in [-0.2, 0) is 0 Å². The van der Waals surface area contributed by atoms with Gasteiger partial charge in [0.15, 0.2) is 5.82 Å². The molecule has 8 nitrogen and oxygen atoms in total. The van der Waals surface area contributed by atoms with Crippen molar-refractivity contribution in [2.24, 2.45) is 0 Å². The molecule has 0 radical (unpaired) electrons. The molecule has 0 bridgehead atoms. The number of nitro benzene ring substituents is 1.